The summed E-state index contributed by atoms with van der Waals surface area (Å²) in [6.45, 7) is 2.87. The maximum absolute atomic E-state index is 12.8. The topological polar surface area (TPSA) is 25.4 Å². The zero-order valence-electron chi connectivity index (χ0n) is 13.2. The summed E-state index contributed by atoms with van der Waals surface area (Å²) in [5.74, 6) is 0. The first-order valence-corrected chi connectivity index (χ1v) is 7.90. The summed E-state index contributed by atoms with van der Waals surface area (Å²) in [5.41, 5.74) is 1.17. The van der Waals surface area contributed by atoms with Crippen molar-refractivity contribution >= 4 is 0 Å². The minimum Gasteiger partial charge on any atom is -0.375 e. The van der Waals surface area contributed by atoms with E-state index in [1.54, 1.807) is 12.3 Å². The molecule has 1 atom stereocenters. The van der Waals surface area contributed by atoms with Crippen molar-refractivity contribution in [1.29, 1.82) is 0 Å². The van der Waals surface area contributed by atoms with E-state index < -0.39 is 11.7 Å². The molecule has 3 rings (SSSR count). The van der Waals surface area contributed by atoms with Crippen molar-refractivity contribution in [2.45, 2.75) is 25.2 Å². The summed E-state index contributed by atoms with van der Waals surface area (Å²) in [5, 5.41) is 0. The van der Waals surface area contributed by atoms with Gasteiger partial charge in [0.2, 0.25) is 0 Å². The molecular weight excluding hydrogens is 317 g/mol. The third-order valence-corrected chi connectivity index (χ3v) is 4.07. The zero-order valence-corrected chi connectivity index (χ0v) is 13.2. The Labute approximate surface area is 139 Å². The Bertz CT molecular complexity index is 661. The monoisotopic (exact) mass is 336 g/mol. The zero-order chi connectivity index (χ0) is 17.0. The molecule has 0 amide bonds. The van der Waals surface area contributed by atoms with Crippen LogP contribution in [0.5, 0.6) is 0 Å². The summed E-state index contributed by atoms with van der Waals surface area (Å²) >= 11 is 0. The molecule has 1 fully saturated rings. The van der Waals surface area contributed by atoms with Gasteiger partial charge in [-0.25, -0.2) is 0 Å². The lowest BCUT2D eigenvalue weighted by molar-refractivity contribution is -0.137. The highest BCUT2D eigenvalue weighted by Gasteiger charge is 2.30. The fraction of sp³-hybridized carbons (Fsp3) is 0.389. The molecule has 0 spiro atoms. The van der Waals surface area contributed by atoms with Gasteiger partial charge in [-0.05, 0) is 29.7 Å². The number of aromatic nitrogens is 1. The molecule has 1 aromatic carbocycles. The van der Waals surface area contributed by atoms with Gasteiger partial charge in [0, 0.05) is 32.0 Å². The Hall–Kier alpha value is -1.92. The van der Waals surface area contributed by atoms with Crippen LogP contribution in [0, 0.1) is 0 Å². The molecule has 2 heterocycles. The molecule has 24 heavy (non-hydrogen) atoms. The van der Waals surface area contributed by atoms with Gasteiger partial charge in [0.15, 0.2) is 0 Å². The van der Waals surface area contributed by atoms with Crippen LogP contribution in [-0.4, -0.2) is 35.7 Å². The number of pyridine rings is 1. The first-order chi connectivity index (χ1) is 11.5. The molecule has 1 aromatic heterocycles. The van der Waals surface area contributed by atoms with Crippen LogP contribution in [-0.2, 0) is 23.9 Å². The van der Waals surface area contributed by atoms with Crippen LogP contribution in [0.3, 0.4) is 0 Å². The molecule has 0 aliphatic carbocycles. The molecule has 1 aliphatic rings. The summed E-state index contributed by atoms with van der Waals surface area (Å²) < 4.78 is 44.2. The summed E-state index contributed by atoms with van der Waals surface area (Å²) in [6.07, 6.45) is -0.362. The van der Waals surface area contributed by atoms with Crippen molar-refractivity contribution in [3.8, 4) is 0 Å². The number of hydrogen-bond donors (Lipinski definition) is 0. The van der Waals surface area contributed by atoms with E-state index in [-0.39, 0.29) is 6.10 Å². The van der Waals surface area contributed by atoms with Gasteiger partial charge >= 0.3 is 6.18 Å². The molecule has 0 saturated carbocycles. The maximum Gasteiger partial charge on any atom is 0.416 e. The Morgan fingerprint density at radius 3 is 2.75 bits per heavy atom. The minimum atomic E-state index is -4.31. The van der Waals surface area contributed by atoms with Gasteiger partial charge < -0.3 is 4.74 Å². The molecule has 2 aromatic rings. The average Bonchev–Trinajstić information content (AvgIpc) is 2.56. The van der Waals surface area contributed by atoms with Crippen LogP contribution < -0.4 is 0 Å². The Balaban J connectivity index is 1.61. The first-order valence-electron chi connectivity index (χ1n) is 7.90. The van der Waals surface area contributed by atoms with Gasteiger partial charge in [0.05, 0.1) is 18.3 Å². The lowest BCUT2D eigenvalue weighted by atomic mass is 10.0. The molecule has 1 aliphatic heterocycles. The van der Waals surface area contributed by atoms with E-state index in [0.717, 1.165) is 24.7 Å². The number of nitrogens with zero attached hydrogens (tertiary/aromatic N) is 2. The van der Waals surface area contributed by atoms with Gasteiger partial charge in [0.1, 0.15) is 0 Å². The number of halogens is 3. The molecule has 0 bridgehead atoms. The second-order valence-electron chi connectivity index (χ2n) is 5.99. The number of alkyl halides is 3. The van der Waals surface area contributed by atoms with Gasteiger partial charge in [-0.1, -0.05) is 24.3 Å². The van der Waals surface area contributed by atoms with E-state index in [1.165, 1.54) is 12.1 Å². The first kappa shape index (κ1) is 16.9. The van der Waals surface area contributed by atoms with E-state index in [4.69, 9.17) is 4.74 Å². The predicted octanol–water partition coefficient (Wildman–Crippen LogP) is 3.54. The van der Waals surface area contributed by atoms with E-state index >= 15 is 0 Å². The van der Waals surface area contributed by atoms with Crippen molar-refractivity contribution in [1.82, 2.24) is 9.88 Å². The normalized spacial score (nSPS) is 19.4. The smallest absolute Gasteiger partial charge is 0.375 e. The molecule has 6 heteroatoms. The Kier molecular flexibility index (Phi) is 5.16. The van der Waals surface area contributed by atoms with Crippen LogP contribution in [0.1, 0.15) is 16.7 Å². The average molecular weight is 336 g/mol. The van der Waals surface area contributed by atoms with Gasteiger partial charge in [-0.3, -0.25) is 9.88 Å². The lowest BCUT2D eigenvalue weighted by Crippen LogP contribution is -2.42. The SMILES string of the molecule is FC(F)(F)c1cccc(C[C@@H]2CN(Cc3cccnc3)CCO2)c1. The number of hydrogen-bond acceptors (Lipinski definition) is 3. The Morgan fingerprint density at radius 2 is 2.00 bits per heavy atom. The highest BCUT2D eigenvalue weighted by Crippen LogP contribution is 2.30. The third kappa shape index (κ3) is 4.55. The minimum absolute atomic E-state index is 0.0982. The van der Waals surface area contributed by atoms with Crippen LogP contribution in [0.25, 0.3) is 0 Å². The lowest BCUT2D eigenvalue weighted by Gasteiger charge is -2.33. The van der Waals surface area contributed by atoms with E-state index in [1.807, 2.05) is 18.3 Å². The van der Waals surface area contributed by atoms with Crippen LogP contribution in [0.2, 0.25) is 0 Å². The van der Waals surface area contributed by atoms with Crippen molar-refractivity contribution in [3.05, 3.63) is 65.5 Å². The van der Waals surface area contributed by atoms with Gasteiger partial charge in [-0.2, -0.15) is 13.2 Å². The molecule has 128 valence electrons. The quantitative estimate of drug-likeness (QED) is 0.854. The number of ether oxygens (including phenoxy) is 1. The fourth-order valence-electron chi connectivity index (χ4n) is 2.93. The van der Waals surface area contributed by atoms with Crippen molar-refractivity contribution in [2.75, 3.05) is 19.7 Å². The molecule has 1 saturated heterocycles. The van der Waals surface area contributed by atoms with Crippen molar-refractivity contribution < 1.29 is 17.9 Å². The summed E-state index contributed by atoms with van der Waals surface area (Å²) in [7, 11) is 0. The third-order valence-electron chi connectivity index (χ3n) is 4.07. The number of benzene rings is 1. The van der Waals surface area contributed by atoms with Gasteiger partial charge in [-0.15, -0.1) is 0 Å². The second kappa shape index (κ2) is 7.32. The largest absolute Gasteiger partial charge is 0.416 e. The van der Waals surface area contributed by atoms with Crippen LogP contribution in [0.15, 0.2) is 48.8 Å². The molecule has 0 N–H and O–H groups in total. The highest BCUT2D eigenvalue weighted by atomic mass is 19.4. The fourth-order valence-corrected chi connectivity index (χ4v) is 2.93. The van der Waals surface area contributed by atoms with E-state index in [2.05, 4.69) is 9.88 Å². The van der Waals surface area contributed by atoms with Gasteiger partial charge in [0.25, 0.3) is 0 Å². The maximum atomic E-state index is 12.8. The highest BCUT2D eigenvalue weighted by molar-refractivity contribution is 5.26. The van der Waals surface area contributed by atoms with Crippen molar-refractivity contribution in [2.24, 2.45) is 0 Å². The standard InChI is InChI=1S/C18H19F3N2O/c19-18(20,21)16-5-1-3-14(9-16)10-17-13-23(7-8-24-17)12-15-4-2-6-22-11-15/h1-6,9,11,17H,7-8,10,12-13H2/t17-/m1/s1. The molecule has 0 unspecified atom stereocenters. The van der Waals surface area contributed by atoms with E-state index in [9.17, 15) is 13.2 Å². The number of morpholine rings is 1. The second-order valence-corrected chi connectivity index (χ2v) is 5.99. The Morgan fingerprint density at radius 1 is 1.17 bits per heavy atom. The predicted molar refractivity (Wildman–Crippen MR) is 84.4 cm³/mol. The number of rotatable bonds is 4. The summed E-state index contributed by atoms with van der Waals surface area (Å²) in [4.78, 5) is 6.35. The van der Waals surface area contributed by atoms with Crippen LogP contribution in [0.4, 0.5) is 13.2 Å². The molecule has 3 nitrogen and oxygen atoms in total. The summed E-state index contributed by atoms with van der Waals surface area (Å²) in [6, 6.07) is 9.40. The van der Waals surface area contributed by atoms with Crippen LogP contribution >= 0.6 is 0 Å². The van der Waals surface area contributed by atoms with Crippen molar-refractivity contribution in [3.63, 3.8) is 0 Å². The molecular formula is C18H19F3N2O. The van der Waals surface area contributed by atoms with E-state index in [0.29, 0.717) is 25.1 Å². The molecule has 0 radical (unpaired) electrons.